The summed E-state index contributed by atoms with van der Waals surface area (Å²) in [5, 5.41) is 2.83. The number of nitrogens with one attached hydrogen (secondary N) is 1. The number of unbranched alkanes of at least 4 members (excludes halogenated alkanes) is 1. The number of methoxy groups -OCH3 is 1. The second kappa shape index (κ2) is 8.95. The highest BCUT2D eigenvalue weighted by Gasteiger charge is 2.34. The Kier molecular flexibility index (Phi) is 6.40. The smallest absolute Gasteiger partial charge is 0.238 e. The number of hydrogen-bond acceptors (Lipinski definition) is 4. The number of amides is 2. The largest absolute Gasteiger partial charge is 0.497 e. The number of ether oxygens (including phenoxy) is 1. The van der Waals surface area contributed by atoms with Crippen LogP contribution in [0.1, 0.15) is 37.1 Å². The maximum Gasteiger partial charge on any atom is 0.238 e. The van der Waals surface area contributed by atoms with Crippen molar-refractivity contribution in [2.75, 3.05) is 23.1 Å². The molecule has 142 valence electrons. The predicted molar refractivity (Wildman–Crippen MR) is 110 cm³/mol. The van der Waals surface area contributed by atoms with E-state index in [1.807, 2.05) is 48.5 Å². The average Bonchev–Trinajstić information content (AvgIpc) is 3.08. The average molecular weight is 385 g/mol. The van der Waals surface area contributed by atoms with E-state index in [0.29, 0.717) is 17.9 Å². The molecule has 1 aliphatic rings. The van der Waals surface area contributed by atoms with Gasteiger partial charge in [0, 0.05) is 23.9 Å². The van der Waals surface area contributed by atoms with Crippen molar-refractivity contribution in [3.05, 3.63) is 54.1 Å². The Morgan fingerprint density at radius 3 is 2.85 bits per heavy atom. The third kappa shape index (κ3) is 4.63. The van der Waals surface area contributed by atoms with Crippen LogP contribution in [0.3, 0.4) is 0 Å². The maximum absolute atomic E-state index is 12.5. The first-order valence-corrected chi connectivity index (χ1v) is 10.1. The fourth-order valence-electron chi connectivity index (χ4n) is 3.04. The van der Waals surface area contributed by atoms with Crippen LogP contribution in [-0.4, -0.2) is 24.7 Å². The van der Waals surface area contributed by atoms with E-state index in [4.69, 9.17) is 4.74 Å². The Hall–Kier alpha value is -2.47. The van der Waals surface area contributed by atoms with Crippen molar-refractivity contribution in [2.24, 2.45) is 0 Å². The van der Waals surface area contributed by atoms with Gasteiger partial charge in [0.05, 0.1) is 12.9 Å². The summed E-state index contributed by atoms with van der Waals surface area (Å²) in [5.41, 5.74) is 2.56. The number of rotatable bonds is 7. The Labute approximate surface area is 164 Å². The van der Waals surface area contributed by atoms with Crippen molar-refractivity contribution in [3.8, 4) is 5.75 Å². The molecule has 1 atom stereocenters. The fourth-order valence-corrected chi connectivity index (χ4v) is 4.21. The fraction of sp³-hybridized carbons (Fsp3) is 0.333. The number of anilines is 2. The van der Waals surface area contributed by atoms with Gasteiger partial charge in [-0.1, -0.05) is 31.5 Å². The van der Waals surface area contributed by atoms with Crippen LogP contribution >= 0.6 is 11.8 Å². The summed E-state index contributed by atoms with van der Waals surface area (Å²) in [6, 6.07) is 15.3. The molecule has 6 heteroatoms. The van der Waals surface area contributed by atoms with Crippen molar-refractivity contribution >= 4 is 35.0 Å². The zero-order valence-electron chi connectivity index (χ0n) is 15.6. The van der Waals surface area contributed by atoms with E-state index in [-0.39, 0.29) is 17.2 Å². The highest BCUT2D eigenvalue weighted by Crippen LogP contribution is 2.42. The highest BCUT2D eigenvalue weighted by atomic mass is 32.2. The van der Waals surface area contributed by atoms with E-state index in [0.717, 1.165) is 29.8 Å². The highest BCUT2D eigenvalue weighted by molar-refractivity contribution is 8.00. The van der Waals surface area contributed by atoms with Gasteiger partial charge in [0.25, 0.3) is 0 Å². The van der Waals surface area contributed by atoms with Crippen LogP contribution in [0.4, 0.5) is 11.4 Å². The second-order valence-electron chi connectivity index (χ2n) is 6.41. The number of thioether (sulfide) groups is 1. The second-order valence-corrected chi connectivity index (χ2v) is 7.47. The molecule has 5 nitrogen and oxygen atoms in total. The Morgan fingerprint density at radius 2 is 2.07 bits per heavy atom. The third-order valence-electron chi connectivity index (χ3n) is 4.41. The minimum Gasteiger partial charge on any atom is -0.497 e. The van der Waals surface area contributed by atoms with Crippen molar-refractivity contribution in [1.82, 2.24) is 0 Å². The van der Waals surface area contributed by atoms with Crippen molar-refractivity contribution in [2.45, 2.75) is 31.6 Å². The van der Waals surface area contributed by atoms with Crippen molar-refractivity contribution in [3.63, 3.8) is 0 Å². The quantitative estimate of drug-likeness (QED) is 0.758. The van der Waals surface area contributed by atoms with Gasteiger partial charge in [-0.2, -0.15) is 0 Å². The molecule has 0 radical (unpaired) electrons. The van der Waals surface area contributed by atoms with Gasteiger partial charge < -0.3 is 10.1 Å². The molecule has 2 amide bonds. The molecule has 3 rings (SSSR count). The molecular formula is C21H24N2O3S. The lowest BCUT2D eigenvalue weighted by Gasteiger charge is -2.25. The van der Waals surface area contributed by atoms with Gasteiger partial charge in [-0.25, -0.2) is 0 Å². The van der Waals surface area contributed by atoms with Crippen LogP contribution in [0.5, 0.6) is 5.75 Å². The van der Waals surface area contributed by atoms with Gasteiger partial charge in [-0.05, 0) is 36.2 Å². The van der Waals surface area contributed by atoms with E-state index in [9.17, 15) is 9.59 Å². The zero-order chi connectivity index (χ0) is 19.2. The van der Waals surface area contributed by atoms with Gasteiger partial charge in [-0.3, -0.25) is 14.5 Å². The van der Waals surface area contributed by atoms with Crippen molar-refractivity contribution in [1.29, 1.82) is 0 Å². The monoisotopic (exact) mass is 384 g/mol. The molecule has 1 heterocycles. The van der Waals surface area contributed by atoms with E-state index in [1.165, 1.54) is 0 Å². The lowest BCUT2D eigenvalue weighted by Crippen LogP contribution is -2.27. The lowest BCUT2D eigenvalue weighted by atomic mass is 10.1. The standard InChI is InChI=1S/C21H24N2O3S/c1-3-4-11-19(24)22-16-8-5-7-15(12-16)21-23(20(25)14-27-21)17-9-6-10-18(13-17)26-2/h5-10,12-13,21H,3-4,11,14H2,1-2H3,(H,22,24)/t21-/m1/s1. The lowest BCUT2D eigenvalue weighted by molar-refractivity contribution is -0.116. The van der Waals surface area contributed by atoms with E-state index >= 15 is 0 Å². The number of benzene rings is 2. The van der Waals surface area contributed by atoms with Gasteiger partial charge >= 0.3 is 0 Å². The molecule has 1 N–H and O–H groups in total. The topological polar surface area (TPSA) is 58.6 Å². The Bertz CT molecular complexity index is 825. The molecule has 1 aliphatic heterocycles. The SMILES string of the molecule is CCCCC(=O)Nc1cccc([C@H]2SCC(=O)N2c2cccc(OC)c2)c1. The van der Waals surface area contributed by atoms with Crippen LogP contribution in [0.15, 0.2) is 48.5 Å². The van der Waals surface area contributed by atoms with Crippen LogP contribution in [0.2, 0.25) is 0 Å². The van der Waals surface area contributed by atoms with Crippen LogP contribution in [0, 0.1) is 0 Å². The summed E-state index contributed by atoms with van der Waals surface area (Å²) < 4.78 is 5.29. The predicted octanol–water partition coefficient (Wildman–Crippen LogP) is 4.60. The van der Waals surface area contributed by atoms with Gasteiger partial charge in [0.1, 0.15) is 11.1 Å². The van der Waals surface area contributed by atoms with E-state index in [2.05, 4.69) is 12.2 Å². The normalized spacial score (nSPS) is 16.4. The van der Waals surface area contributed by atoms with Gasteiger partial charge in [0.2, 0.25) is 11.8 Å². The number of carbonyl (C=O) groups is 2. The summed E-state index contributed by atoms with van der Waals surface area (Å²) in [6.45, 7) is 2.06. The first-order valence-electron chi connectivity index (χ1n) is 9.10. The summed E-state index contributed by atoms with van der Waals surface area (Å²) in [6.07, 6.45) is 2.39. The molecule has 1 saturated heterocycles. The molecule has 0 aromatic heterocycles. The molecule has 0 unspecified atom stereocenters. The first-order chi connectivity index (χ1) is 13.1. The van der Waals surface area contributed by atoms with Gasteiger partial charge in [-0.15, -0.1) is 11.8 Å². The van der Waals surface area contributed by atoms with Crippen LogP contribution < -0.4 is 15.0 Å². The molecule has 27 heavy (non-hydrogen) atoms. The summed E-state index contributed by atoms with van der Waals surface area (Å²) in [7, 11) is 1.61. The first kappa shape index (κ1) is 19.3. The number of hydrogen-bond donors (Lipinski definition) is 1. The van der Waals surface area contributed by atoms with E-state index < -0.39 is 0 Å². The minimum absolute atomic E-state index is 0.0220. The number of carbonyl (C=O) groups excluding carboxylic acids is 2. The summed E-state index contributed by atoms with van der Waals surface area (Å²) in [5.74, 6) is 1.23. The molecule has 0 spiro atoms. The van der Waals surface area contributed by atoms with Gasteiger partial charge in [0.15, 0.2) is 0 Å². The molecule has 2 aromatic rings. The molecule has 2 aromatic carbocycles. The van der Waals surface area contributed by atoms with Crippen LogP contribution in [0.25, 0.3) is 0 Å². The van der Waals surface area contributed by atoms with Crippen LogP contribution in [-0.2, 0) is 9.59 Å². The Morgan fingerprint density at radius 1 is 1.26 bits per heavy atom. The number of nitrogens with zero attached hydrogens (tertiary/aromatic N) is 1. The summed E-state index contributed by atoms with van der Waals surface area (Å²) in [4.78, 5) is 26.3. The summed E-state index contributed by atoms with van der Waals surface area (Å²) >= 11 is 1.58. The molecule has 0 bridgehead atoms. The third-order valence-corrected chi connectivity index (χ3v) is 5.62. The minimum atomic E-state index is -0.128. The molecule has 0 saturated carbocycles. The Balaban J connectivity index is 1.83. The van der Waals surface area contributed by atoms with Crippen molar-refractivity contribution < 1.29 is 14.3 Å². The molecular weight excluding hydrogens is 360 g/mol. The zero-order valence-corrected chi connectivity index (χ0v) is 16.4. The molecule has 0 aliphatic carbocycles. The molecule has 1 fully saturated rings. The van der Waals surface area contributed by atoms with E-state index in [1.54, 1.807) is 23.8 Å². The maximum atomic E-state index is 12.5.